The number of piperidine rings is 1. The third kappa shape index (κ3) is 4.82. The van der Waals surface area contributed by atoms with Crippen LogP contribution in [-0.4, -0.2) is 41.8 Å². The fraction of sp³-hybridized carbons (Fsp3) is 0.321. The first kappa shape index (κ1) is 22.7. The Morgan fingerprint density at radius 1 is 1.03 bits per heavy atom. The van der Waals surface area contributed by atoms with Gasteiger partial charge in [0.15, 0.2) is 0 Å². The van der Waals surface area contributed by atoms with E-state index in [2.05, 4.69) is 22.4 Å². The van der Waals surface area contributed by atoms with Gasteiger partial charge in [0, 0.05) is 32.5 Å². The Kier molecular flexibility index (Phi) is 6.87. The average molecular weight is 442 g/mol. The minimum atomic E-state index is -0.664. The van der Waals surface area contributed by atoms with Gasteiger partial charge < -0.3 is 10.2 Å². The van der Waals surface area contributed by atoms with E-state index in [9.17, 15) is 9.59 Å². The van der Waals surface area contributed by atoms with Crippen LogP contribution in [0, 0.1) is 5.41 Å². The van der Waals surface area contributed by atoms with E-state index in [1.54, 1.807) is 19.4 Å². The molecule has 1 saturated heterocycles. The third-order valence-electron chi connectivity index (χ3n) is 6.80. The highest BCUT2D eigenvalue weighted by molar-refractivity contribution is 5.87. The van der Waals surface area contributed by atoms with Crippen molar-refractivity contribution >= 4 is 11.8 Å². The Labute approximate surface area is 195 Å². The van der Waals surface area contributed by atoms with Crippen LogP contribution in [0.1, 0.15) is 36.8 Å². The molecule has 0 spiro atoms. The summed E-state index contributed by atoms with van der Waals surface area (Å²) in [4.78, 5) is 32.7. The molecule has 3 aromatic rings. The number of hydrogen-bond acceptors (Lipinski definition) is 3. The second-order valence-corrected chi connectivity index (χ2v) is 8.92. The topological polar surface area (TPSA) is 62.3 Å². The van der Waals surface area contributed by atoms with E-state index in [1.807, 2.05) is 66.4 Å². The van der Waals surface area contributed by atoms with Crippen molar-refractivity contribution < 1.29 is 9.59 Å². The summed E-state index contributed by atoms with van der Waals surface area (Å²) in [5.74, 6) is -0.163. The lowest BCUT2D eigenvalue weighted by atomic mass is 9.73. The lowest BCUT2D eigenvalue weighted by Gasteiger charge is -2.42. The van der Waals surface area contributed by atoms with Crippen molar-refractivity contribution in [3.63, 3.8) is 0 Å². The molecule has 170 valence electrons. The molecule has 5 heteroatoms. The number of likely N-dealkylation sites (tertiary alicyclic amines) is 1. The molecule has 1 fully saturated rings. The first-order valence-electron chi connectivity index (χ1n) is 11.6. The molecule has 1 aromatic heterocycles. The molecule has 2 heterocycles. The smallest absolute Gasteiger partial charge is 0.229 e. The Hall–Kier alpha value is -3.47. The summed E-state index contributed by atoms with van der Waals surface area (Å²) >= 11 is 0. The zero-order valence-corrected chi connectivity index (χ0v) is 19.3. The Bertz CT molecular complexity index is 1100. The zero-order chi connectivity index (χ0) is 23.3. The first-order valence-corrected chi connectivity index (χ1v) is 11.6. The number of pyridine rings is 1. The van der Waals surface area contributed by atoms with Crippen molar-refractivity contribution in [3.8, 4) is 11.1 Å². The van der Waals surface area contributed by atoms with E-state index >= 15 is 0 Å². The van der Waals surface area contributed by atoms with E-state index < -0.39 is 5.41 Å². The van der Waals surface area contributed by atoms with Crippen molar-refractivity contribution in [2.24, 2.45) is 5.41 Å². The summed E-state index contributed by atoms with van der Waals surface area (Å²) in [5, 5.41) is 2.89. The molecule has 1 N–H and O–H groups in total. The van der Waals surface area contributed by atoms with Crippen molar-refractivity contribution in [1.29, 1.82) is 0 Å². The van der Waals surface area contributed by atoms with Gasteiger partial charge in [-0.3, -0.25) is 14.6 Å². The fourth-order valence-corrected chi connectivity index (χ4v) is 5.01. The number of carbonyl (C=O) groups is 2. The van der Waals surface area contributed by atoms with Crippen molar-refractivity contribution in [1.82, 2.24) is 15.2 Å². The number of amides is 2. The number of hydrogen-bond donors (Lipinski definition) is 1. The quantitative estimate of drug-likeness (QED) is 0.615. The summed E-state index contributed by atoms with van der Waals surface area (Å²) in [5.41, 5.74) is 3.63. The Balaban J connectivity index is 1.64. The predicted octanol–water partition coefficient (Wildman–Crippen LogP) is 4.45. The standard InChI is InChI=1S/C28H31N3O2/c1-21(22-9-4-3-5-10-22)26(32)31-18-8-15-28(20-31,27(33)29-2)19-24-11-6-7-12-25(24)23-13-16-30-17-14-23/h3-7,9-14,16-17,21H,8,15,18-20H2,1-2H3,(H,29,33)/t21-,28-/m1/s1. The van der Waals surface area contributed by atoms with Gasteiger partial charge >= 0.3 is 0 Å². The van der Waals surface area contributed by atoms with Gasteiger partial charge in [-0.2, -0.15) is 0 Å². The van der Waals surface area contributed by atoms with E-state index in [-0.39, 0.29) is 17.7 Å². The minimum absolute atomic E-state index is 0.00287. The maximum Gasteiger partial charge on any atom is 0.229 e. The van der Waals surface area contributed by atoms with Gasteiger partial charge in [-0.25, -0.2) is 0 Å². The number of aromatic nitrogens is 1. The molecule has 4 rings (SSSR count). The molecule has 0 bridgehead atoms. The largest absolute Gasteiger partial charge is 0.359 e. The lowest BCUT2D eigenvalue weighted by molar-refractivity contribution is -0.142. The van der Waals surface area contributed by atoms with E-state index in [0.717, 1.165) is 35.1 Å². The maximum absolute atomic E-state index is 13.4. The molecule has 33 heavy (non-hydrogen) atoms. The third-order valence-corrected chi connectivity index (χ3v) is 6.80. The van der Waals surface area contributed by atoms with Gasteiger partial charge in [0.25, 0.3) is 0 Å². The van der Waals surface area contributed by atoms with Crippen molar-refractivity contribution in [2.75, 3.05) is 20.1 Å². The van der Waals surface area contributed by atoms with Gasteiger partial charge in [0.1, 0.15) is 0 Å². The predicted molar refractivity (Wildman–Crippen MR) is 131 cm³/mol. The monoisotopic (exact) mass is 441 g/mol. The molecular weight excluding hydrogens is 410 g/mol. The van der Waals surface area contributed by atoms with Crippen LogP contribution in [0.3, 0.4) is 0 Å². The zero-order valence-electron chi connectivity index (χ0n) is 19.3. The number of carbonyl (C=O) groups excluding carboxylic acids is 2. The SMILES string of the molecule is CNC(=O)[C@@]1(Cc2ccccc2-c2ccncc2)CCCN(C(=O)[C@H](C)c2ccccc2)C1. The molecule has 0 aliphatic carbocycles. The molecule has 2 amide bonds. The molecule has 2 aromatic carbocycles. The number of nitrogens with one attached hydrogen (secondary N) is 1. The van der Waals surface area contributed by atoms with Crippen LogP contribution in [0.2, 0.25) is 0 Å². The lowest BCUT2D eigenvalue weighted by Crippen LogP contribution is -2.54. The van der Waals surface area contributed by atoms with Crippen LogP contribution >= 0.6 is 0 Å². The van der Waals surface area contributed by atoms with E-state index in [4.69, 9.17) is 0 Å². The molecule has 1 aliphatic rings. The summed E-state index contributed by atoms with van der Waals surface area (Å²) in [6.07, 6.45) is 5.70. The fourth-order valence-electron chi connectivity index (χ4n) is 5.01. The molecular formula is C28H31N3O2. The van der Waals surface area contributed by atoms with E-state index in [0.29, 0.717) is 19.5 Å². The van der Waals surface area contributed by atoms with Crippen molar-refractivity contribution in [3.05, 3.63) is 90.3 Å². The first-order chi connectivity index (χ1) is 16.0. The van der Waals surface area contributed by atoms with Crippen LogP contribution in [0.4, 0.5) is 0 Å². The Morgan fingerprint density at radius 3 is 2.45 bits per heavy atom. The second kappa shape index (κ2) is 9.99. The van der Waals surface area contributed by atoms with Gasteiger partial charge in [-0.1, -0.05) is 54.6 Å². The van der Waals surface area contributed by atoms with Crippen LogP contribution in [0.25, 0.3) is 11.1 Å². The van der Waals surface area contributed by atoms with Crippen LogP contribution in [-0.2, 0) is 16.0 Å². The number of nitrogens with zero attached hydrogens (tertiary/aromatic N) is 2. The van der Waals surface area contributed by atoms with Crippen LogP contribution in [0.5, 0.6) is 0 Å². The minimum Gasteiger partial charge on any atom is -0.359 e. The van der Waals surface area contributed by atoms with Gasteiger partial charge in [-0.15, -0.1) is 0 Å². The highest BCUT2D eigenvalue weighted by atomic mass is 16.2. The summed E-state index contributed by atoms with van der Waals surface area (Å²) < 4.78 is 0. The molecule has 5 nitrogen and oxygen atoms in total. The summed E-state index contributed by atoms with van der Waals surface area (Å²) in [7, 11) is 1.69. The van der Waals surface area contributed by atoms with Crippen LogP contribution in [0.15, 0.2) is 79.1 Å². The van der Waals surface area contributed by atoms with Crippen molar-refractivity contribution in [2.45, 2.75) is 32.1 Å². The van der Waals surface area contributed by atoms with E-state index in [1.165, 1.54) is 0 Å². The highest BCUT2D eigenvalue weighted by Crippen LogP contribution is 2.38. The number of rotatable bonds is 6. The van der Waals surface area contributed by atoms with Gasteiger partial charge in [0.05, 0.1) is 11.3 Å². The van der Waals surface area contributed by atoms with Gasteiger partial charge in [-0.05, 0) is 60.6 Å². The molecule has 0 radical (unpaired) electrons. The molecule has 1 aliphatic heterocycles. The summed E-state index contributed by atoms with van der Waals surface area (Å²) in [6.45, 7) is 3.06. The average Bonchev–Trinajstić information content (AvgIpc) is 2.88. The Morgan fingerprint density at radius 2 is 1.73 bits per heavy atom. The molecule has 2 atom stereocenters. The highest BCUT2D eigenvalue weighted by Gasteiger charge is 2.44. The normalized spacial score (nSPS) is 19.0. The second-order valence-electron chi connectivity index (χ2n) is 8.92. The van der Waals surface area contributed by atoms with Gasteiger partial charge in [0.2, 0.25) is 11.8 Å². The van der Waals surface area contributed by atoms with Crippen LogP contribution < -0.4 is 5.32 Å². The molecule has 0 unspecified atom stereocenters. The maximum atomic E-state index is 13.4. The summed E-state index contributed by atoms with van der Waals surface area (Å²) in [6, 6.07) is 22.0. The molecule has 0 saturated carbocycles. The number of benzene rings is 2.